The van der Waals surface area contributed by atoms with Gasteiger partial charge in [0.05, 0.1) is 12.7 Å². The Morgan fingerprint density at radius 1 is 1.31 bits per heavy atom. The lowest BCUT2D eigenvalue weighted by Gasteiger charge is -2.29. The van der Waals surface area contributed by atoms with Gasteiger partial charge in [-0.2, -0.15) is 0 Å². The molecule has 1 unspecified atom stereocenters. The second-order valence-corrected chi connectivity index (χ2v) is 5.86. The van der Waals surface area contributed by atoms with E-state index >= 15 is 0 Å². The third-order valence-corrected chi connectivity index (χ3v) is 4.48. The Labute approximate surface area is 103 Å². The van der Waals surface area contributed by atoms with Crippen LogP contribution in [0.1, 0.15) is 37.4 Å². The molecule has 1 aromatic rings. The second-order valence-electron chi connectivity index (χ2n) is 5.00. The van der Waals surface area contributed by atoms with E-state index < -0.39 is 0 Å². The minimum Gasteiger partial charge on any atom is -0.373 e. The molecular weight excluding hydrogens is 271 g/mol. The summed E-state index contributed by atoms with van der Waals surface area (Å²) in [6, 6.07) is 4.85. The number of hydrogen-bond acceptors (Lipinski definition) is 1. The summed E-state index contributed by atoms with van der Waals surface area (Å²) >= 11 is 3.41. The number of benzene rings is 1. The molecule has 0 N–H and O–H groups in total. The van der Waals surface area contributed by atoms with Gasteiger partial charge in [-0.3, -0.25) is 0 Å². The smallest absolute Gasteiger partial charge is 0.124 e. The third kappa shape index (κ3) is 1.91. The predicted octanol–water partition coefficient (Wildman–Crippen LogP) is 4.22. The first-order chi connectivity index (χ1) is 7.69. The average molecular weight is 285 g/mol. The topological polar surface area (TPSA) is 9.23 Å². The van der Waals surface area contributed by atoms with Gasteiger partial charge in [-0.15, -0.1) is 0 Å². The molecule has 1 atom stereocenters. The number of ether oxygens (including phenoxy) is 1. The van der Waals surface area contributed by atoms with Crippen molar-refractivity contribution in [1.29, 1.82) is 0 Å². The highest BCUT2D eigenvalue weighted by atomic mass is 79.9. The zero-order valence-corrected chi connectivity index (χ0v) is 10.6. The van der Waals surface area contributed by atoms with Crippen molar-refractivity contribution in [3.05, 3.63) is 34.1 Å². The average Bonchev–Trinajstić information content (AvgIpc) is 3.00. The molecule has 1 nitrogen and oxygen atoms in total. The minimum absolute atomic E-state index is 0.140. The molecule has 1 aromatic carbocycles. The predicted molar refractivity (Wildman–Crippen MR) is 63.7 cm³/mol. The van der Waals surface area contributed by atoms with Crippen LogP contribution >= 0.6 is 15.9 Å². The summed E-state index contributed by atoms with van der Waals surface area (Å²) in [5.41, 5.74) is 1.60. The Kier molecular flexibility index (Phi) is 2.55. The monoisotopic (exact) mass is 284 g/mol. The largest absolute Gasteiger partial charge is 0.373 e. The Morgan fingerprint density at radius 3 is 2.69 bits per heavy atom. The van der Waals surface area contributed by atoms with Gasteiger partial charge in [0.1, 0.15) is 5.82 Å². The zero-order chi connectivity index (χ0) is 11.2. The fourth-order valence-corrected chi connectivity index (χ4v) is 3.06. The van der Waals surface area contributed by atoms with Crippen molar-refractivity contribution in [2.75, 3.05) is 6.61 Å². The summed E-state index contributed by atoms with van der Waals surface area (Å²) in [6.07, 6.45) is 5.10. The van der Waals surface area contributed by atoms with E-state index in [0.717, 1.165) is 23.1 Å². The molecule has 0 radical (unpaired) electrons. The highest BCUT2D eigenvalue weighted by Gasteiger charge is 2.46. The molecule has 1 aliphatic carbocycles. The van der Waals surface area contributed by atoms with Gasteiger partial charge in [0, 0.05) is 4.47 Å². The van der Waals surface area contributed by atoms with E-state index in [-0.39, 0.29) is 11.9 Å². The van der Waals surface area contributed by atoms with Crippen LogP contribution < -0.4 is 0 Å². The molecule has 16 heavy (non-hydrogen) atoms. The fourth-order valence-electron chi connectivity index (χ4n) is 2.45. The Morgan fingerprint density at radius 2 is 2.12 bits per heavy atom. The first kappa shape index (κ1) is 10.7. The molecule has 0 bridgehead atoms. The number of halogens is 2. The SMILES string of the molecule is Fc1ccc(C2CCC3(CC3)CO2)c(Br)c1. The lowest BCUT2D eigenvalue weighted by atomic mass is 9.92. The summed E-state index contributed by atoms with van der Waals surface area (Å²) in [7, 11) is 0. The Bertz CT molecular complexity index is 404. The summed E-state index contributed by atoms with van der Waals surface area (Å²) < 4.78 is 19.7. The van der Waals surface area contributed by atoms with Crippen LogP contribution in [0.2, 0.25) is 0 Å². The Hall–Kier alpha value is -0.410. The molecule has 86 valence electrons. The van der Waals surface area contributed by atoms with Crippen molar-refractivity contribution in [2.24, 2.45) is 5.41 Å². The van der Waals surface area contributed by atoms with Crippen molar-refractivity contribution in [2.45, 2.75) is 31.8 Å². The van der Waals surface area contributed by atoms with E-state index in [9.17, 15) is 4.39 Å². The Balaban J connectivity index is 1.77. The summed E-state index contributed by atoms with van der Waals surface area (Å²) in [4.78, 5) is 0. The van der Waals surface area contributed by atoms with Crippen LogP contribution in [0.25, 0.3) is 0 Å². The molecule has 1 saturated heterocycles. The molecule has 1 aliphatic heterocycles. The molecule has 1 heterocycles. The molecule has 3 heteroatoms. The maximum atomic E-state index is 13.0. The van der Waals surface area contributed by atoms with Gasteiger partial charge in [-0.25, -0.2) is 4.39 Å². The van der Waals surface area contributed by atoms with Crippen molar-refractivity contribution in [3.63, 3.8) is 0 Å². The van der Waals surface area contributed by atoms with E-state index in [1.807, 2.05) is 6.07 Å². The normalized spacial score (nSPS) is 27.0. The van der Waals surface area contributed by atoms with Crippen molar-refractivity contribution in [1.82, 2.24) is 0 Å². The van der Waals surface area contributed by atoms with Crippen molar-refractivity contribution < 1.29 is 9.13 Å². The fraction of sp³-hybridized carbons (Fsp3) is 0.538. The van der Waals surface area contributed by atoms with Gasteiger partial charge in [0.15, 0.2) is 0 Å². The van der Waals surface area contributed by atoms with Crippen LogP contribution in [-0.2, 0) is 4.74 Å². The van der Waals surface area contributed by atoms with Gasteiger partial charge in [-0.05, 0) is 48.8 Å². The third-order valence-electron chi connectivity index (χ3n) is 3.79. The van der Waals surface area contributed by atoms with Crippen LogP contribution in [0, 0.1) is 11.2 Å². The standard InChI is InChI=1S/C13H14BrFO/c14-11-7-9(15)1-2-10(11)12-3-4-13(5-6-13)8-16-12/h1-2,7,12H,3-6,8H2. The van der Waals surface area contributed by atoms with Crippen LogP contribution in [0.4, 0.5) is 4.39 Å². The highest BCUT2D eigenvalue weighted by Crippen LogP contribution is 2.54. The molecule has 3 rings (SSSR count). The molecule has 0 aromatic heterocycles. The van der Waals surface area contributed by atoms with Crippen LogP contribution in [0.5, 0.6) is 0 Å². The molecule has 2 aliphatic rings. The first-order valence-corrected chi connectivity index (χ1v) is 6.54. The molecular formula is C13H14BrFO. The van der Waals surface area contributed by atoms with E-state index in [1.54, 1.807) is 0 Å². The summed E-state index contributed by atoms with van der Waals surface area (Å²) in [5.74, 6) is -0.204. The molecule has 1 saturated carbocycles. The summed E-state index contributed by atoms with van der Waals surface area (Å²) in [6.45, 7) is 0.876. The summed E-state index contributed by atoms with van der Waals surface area (Å²) in [5, 5.41) is 0. The van der Waals surface area contributed by atoms with Gasteiger partial charge in [-0.1, -0.05) is 22.0 Å². The van der Waals surface area contributed by atoms with E-state index in [2.05, 4.69) is 15.9 Å². The van der Waals surface area contributed by atoms with E-state index in [1.165, 1.54) is 31.4 Å². The second kappa shape index (κ2) is 3.81. The zero-order valence-electron chi connectivity index (χ0n) is 9.01. The van der Waals surface area contributed by atoms with Crippen molar-refractivity contribution in [3.8, 4) is 0 Å². The lowest BCUT2D eigenvalue weighted by molar-refractivity contribution is -0.0269. The molecule has 1 spiro atoms. The van der Waals surface area contributed by atoms with Gasteiger partial charge in [0.2, 0.25) is 0 Å². The lowest BCUT2D eigenvalue weighted by Crippen LogP contribution is -2.21. The van der Waals surface area contributed by atoms with Crippen LogP contribution in [0.3, 0.4) is 0 Å². The van der Waals surface area contributed by atoms with Gasteiger partial charge in [0.25, 0.3) is 0 Å². The quantitative estimate of drug-likeness (QED) is 0.750. The van der Waals surface area contributed by atoms with Crippen molar-refractivity contribution >= 4 is 15.9 Å². The van der Waals surface area contributed by atoms with E-state index in [0.29, 0.717) is 5.41 Å². The van der Waals surface area contributed by atoms with Gasteiger partial charge >= 0.3 is 0 Å². The number of hydrogen-bond donors (Lipinski definition) is 0. The minimum atomic E-state index is -0.204. The van der Waals surface area contributed by atoms with Gasteiger partial charge < -0.3 is 4.74 Å². The first-order valence-electron chi connectivity index (χ1n) is 5.75. The number of rotatable bonds is 1. The molecule has 2 fully saturated rings. The van der Waals surface area contributed by atoms with E-state index in [4.69, 9.17) is 4.74 Å². The van der Waals surface area contributed by atoms with Crippen LogP contribution in [0.15, 0.2) is 22.7 Å². The maximum absolute atomic E-state index is 13.0. The molecule has 0 amide bonds. The highest BCUT2D eigenvalue weighted by molar-refractivity contribution is 9.10. The maximum Gasteiger partial charge on any atom is 0.124 e. The van der Waals surface area contributed by atoms with Crippen LogP contribution in [-0.4, -0.2) is 6.61 Å².